The predicted octanol–water partition coefficient (Wildman–Crippen LogP) is 2.65. The van der Waals surface area contributed by atoms with Crippen LogP contribution in [0.1, 0.15) is 43.4 Å². The van der Waals surface area contributed by atoms with E-state index in [0.29, 0.717) is 25.7 Å². The molecule has 100 valence electrons. The molecule has 1 aromatic rings. The van der Waals surface area contributed by atoms with E-state index < -0.39 is 6.10 Å². The van der Waals surface area contributed by atoms with Crippen LogP contribution >= 0.6 is 0 Å². The third-order valence-electron chi connectivity index (χ3n) is 3.65. The summed E-state index contributed by atoms with van der Waals surface area (Å²) in [6.45, 7) is 6.04. The zero-order valence-electron chi connectivity index (χ0n) is 11.1. The number of aliphatic hydroxyl groups is 1. The van der Waals surface area contributed by atoms with Crippen LogP contribution in [0.3, 0.4) is 0 Å². The lowest BCUT2D eigenvalue weighted by atomic mass is 9.95. The Kier molecular flexibility index (Phi) is 4.75. The summed E-state index contributed by atoms with van der Waals surface area (Å²) in [6, 6.07) is 8.17. The molecule has 1 N–H and O–H groups in total. The third-order valence-corrected chi connectivity index (χ3v) is 3.65. The average molecular weight is 250 g/mol. The van der Waals surface area contributed by atoms with E-state index in [2.05, 4.69) is 26.0 Å². The van der Waals surface area contributed by atoms with Crippen molar-refractivity contribution >= 4 is 0 Å². The van der Waals surface area contributed by atoms with Crippen LogP contribution in [0, 0.1) is 0 Å². The van der Waals surface area contributed by atoms with Crippen LogP contribution < -0.4 is 0 Å². The summed E-state index contributed by atoms with van der Waals surface area (Å²) in [4.78, 5) is 0. The standard InChI is InChI=1S/C15H22O3/c1-3-11(2)12-4-6-13(7-5-12)15(16)14-10-17-8-9-18-14/h4-7,11,14-16H,3,8-10H2,1-2H3. The van der Waals surface area contributed by atoms with E-state index >= 15 is 0 Å². The van der Waals surface area contributed by atoms with Gasteiger partial charge in [0.15, 0.2) is 0 Å². The van der Waals surface area contributed by atoms with Crippen LogP contribution in [-0.2, 0) is 9.47 Å². The summed E-state index contributed by atoms with van der Waals surface area (Å²) in [5, 5.41) is 10.2. The minimum atomic E-state index is -0.601. The van der Waals surface area contributed by atoms with Gasteiger partial charge in [-0.1, -0.05) is 38.1 Å². The predicted molar refractivity (Wildman–Crippen MR) is 70.7 cm³/mol. The van der Waals surface area contributed by atoms with Gasteiger partial charge in [-0.3, -0.25) is 0 Å². The molecule has 18 heavy (non-hydrogen) atoms. The van der Waals surface area contributed by atoms with Gasteiger partial charge in [0.1, 0.15) is 12.2 Å². The van der Waals surface area contributed by atoms with E-state index in [1.807, 2.05) is 12.1 Å². The van der Waals surface area contributed by atoms with Crippen LogP contribution in [0.4, 0.5) is 0 Å². The molecule has 1 fully saturated rings. The van der Waals surface area contributed by atoms with E-state index in [0.717, 1.165) is 12.0 Å². The monoisotopic (exact) mass is 250 g/mol. The van der Waals surface area contributed by atoms with Crippen molar-refractivity contribution < 1.29 is 14.6 Å². The fourth-order valence-corrected chi connectivity index (χ4v) is 2.16. The highest BCUT2D eigenvalue weighted by atomic mass is 16.6. The maximum Gasteiger partial charge on any atom is 0.111 e. The van der Waals surface area contributed by atoms with Gasteiger partial charge in [-0.25, -0.2) is 0 Å². The van der Waals surface area contributed by atoms with Gasteiger partial charge in [0.05, 0.1) is 19.8 Å². The zero-order valence-corrected chi connectivity index (χ0v) is 11.1. The van der Waals surface area contributed by atoms with E-state index in [1.54, 1.807) is 0 Å². The summed E-state index contributed by atoms with van der Waals surface area (Å²) in [5.41, 5.74) is 2.21. The Balaban J connectivity index is 2.03. The summed E-state index contributed by atoms with van der Waals surface area (Å²) in [6.07, 6.45) is 0.283. The van der Waals surface area contributed by atoms with Crippen LogP contribution in [0.25, 0.3) is 0 Å². The first-order valence-corrected chi connectivity index (χ1v) is 6.69. The Morgan fingerprint density at radius 3 is 2.44 bits per heavy atom. The molecule has 0 radical (unpaired) electrons. The molecule has 3 nitrogen and oxygen atoms in total. The minimum Gasteiger partial charge on any atom is -0.386 e. The third kappa shape index (κ3) is 3.10. The quantitative estimate of drug-likeness (QED) is 0.893. The highest BCUT2D eigenvalue weighted by molar-refractivity contribution is 5.27. The molecule has 0 spiro atoms. The lowest BCUT2D eigenvalue weighted by Gasteiger charge is -2.27. The van der Waals surface area contributed by atoms with Gasteiger partial charge in [0, 0.05) is 0 Å². The first kappa shape index (κ1) is 13.5. The Morgan fingerprint density at radius 2 is 1.89 bits per heavy atom. The smallest absolute Gasteiger partial charge is 0.111 e. The van der Waals surface area contributed by atoms with Crippen LogP contribution in [0.5, 0.6) is 0 Å². The van der Waals surface area contributed by atoms with Crippen molar-refractivity contribution in [2.45, 2.75) is 38.4 Å². The SMILES string of the molecule is CCC(C)c1ccc(C(O)C2COCCO2)cc1. The maximum atomic E-state index is 10.2. The second-order valence-electron chi connectivity index (χ2n) is 4.90. The van der Waals surface area contributed by atoms with Crippen LogP contribution in [0.15, 0.2) is 24.3 Å². The van der Waals surface area contributed by atoms with Gasteiger partial charge in [-0.2, -0.15) is 0 Å². The van der Waals surface area contributed by atoms with Crippen molar-refractivity contribution in [3.63, 3.8) is 0 Å². The molecule has 1 saturated heterocycles. The van der Waals surface area contributed by atoms with Crippen molar-refractivity contribution in [1.29, 1.82) is 0 Å². The molecule has 0 bridgehead atoms. The largest absolute Gasteiger partial charge is 0.386 e. The molecule has 1 aromatic carbocycles. The Morgan fingerprint density at radius 1 is 1.22 bits per heavy atom. The number of aliphatic hydroxyl groups excluding tert-OH is 1. The molecule has 1 aliphatic rings. The number of hydrogen-bond donors (Lipinski definition) is 1. The van der Waals surface area contributed by atoms with E-state index in [9.17, 15) is 5.11 Å². The molecule has 3 heteroatoms. The average Bonchev–Trinajstić information content (AvgIpc) is 2.47. The molecule has 3 unspecified atom stereocenters. The van der Waals surface area contributed by atoms with E-state index in [-0.39, 0.29) is 6.10 Å². The first-order chi connectivity index (χ1) is 8.72. The summed E-state index contributed by atoms with van der Waals surface area (Å²) >= 11 is 0. The Bertz CT molecular complexity index is 355. The first-order valence-electron chi connectivity index (χ1n) is 6.69. The normalized spacial score (nSPS) is 23.6. The number of benzene rings is 1. The fraction of sp³-hybridized carbons (Fsp3) is 0.600. The van der Waals surface area contributed by atoms with Crippen molar-refractivity contribution in [3.05, 3.63) is 35.4 Å². The molecule has 2 rings (SSSR count). The topological polar surface area (TPSA) is 38.7 Å². The molecule has 0 aliphatic carbocycles. The zero-order chi connectivity index (χ0) is 13.0. The minimum absolute atomic E-state index is 0.242. The van der Waals surface area contributed by atoms with Crippen molar-refractivity contribution in [2.24, 2.45) is 0 Å². The van der Waals surface area contributed by atoms with E-state index in [4.69, 9.17) is 9.47 Å². The molecule has 1 aliphatic heterocycles. The molecular weight excluding hydrogens is 228 g/mol. The van der Waals surface area contributed by atoms with Gasteiger partial charge in [-0.05, 0) is 23.5 Å². The molecule has 0 saturated carbocycles. The molecule has 0 aromatic heterocycles. The van der Waals surface area contributed by atoms with Gasteiger partial charge in [0.25, 0.3) is 0 Å². The highest BCUT2D eigenvalue weighted by Crippen LogP contribution is 2.24. The highest BCUT2D eigenvalue weighted by Gasteiger charge is 2.24. The molecule has 3 atom stereocenters. The van der Waals surface area contributed by atoms with Crippen molar-refractivity contribution in [2.75, 3.05) is 19.8 Å². The summed E-state index contributed by atoms with van der Waals surface area (Å²) in [5.74, 6) is 0.561. The lowest BCUT2D eigenvalue weighted by molar-refractivity contribution is -0.133. The fourth-order valence-electron chi connectivity index (χ4n) is 2.16. The lowest BCUT2D eigenvalue weighted by Crippen LogP contribution is -2.33. The Labute approximate surface area is 109 Å². The molecule has 0 amide bonds. The van der Waals surface area contributed by atoms with Crippen molar-refractivity contribution in [3.8, 4) is 0 Å². The van der Waals surface area contributed by atoms with Gasteiger partial charge in [-0.15, -0.1) is 0 Å². The number of hydrogen-bond acceptors (Lipinski definition) is 3. The summed E-state index contributed by atoms with van der Waals surface area (Å²) in [7, 11) is 0. The second-order valence-corrected chi connectivity index (χ2v) is 4.90. The van der Waals surface area contributed by atoms with Crippen LogP contribution in [-0.4, -0.2) is 31.0 Å². The van der Waals surface area contributed by atoms with Gasteiger partial charge >= 0.3 is 0 Å². The molecule has 1 heterocycles. The number of ether oxygens (including phenoxy) is 2. The van der Waals surface area contributed by atoms with Crippen LogP contribution in [0.2, 0.25) is 0 Å². The second kappa shape index (κ2) is 6.32. The molecular formula is C15H22O3. The van der Waals surface area contributed by atoms with E-state index in [1.165, 1.54) is 5.56 Å². The summed E-state index contributed by atoms with van der Waals surface area (Å²) < 4.78 is 10.8. The number of rotatable bonds is 4. The van der Waals surface area contributed by atoms with Gasteiger partial charge < -0.3 is 14.6 Å². The Hall–Kier alpha value is -0.900. The van der Waals surface area contributed by atoms with Gasteiger partial charge in [0.2, 0.25) is 0 Å². The maximum absolute atomic E-state index is 10.2. The van der Waals surface area contributed by atoms with Crippen molar-refractivity contribution in [1.82, 2.24) is 0 Å².